The summed E-state index contributed by atoms with van der Waals surface area (Å²) in [7, 11) is 0. The third-order valence-corrected chi connectivity index (χ3v) is 9.75. The normalized spacial score (nSPS) is 11.6. The molecular formula is C46H31N5. The fourth-order valence-corrected chi connectivity index (χ4v) is 7.40. The van der Waals surface area contributed by atoms with Crippen molar-refractivity contribution >= 4 is 43.5 Å². The van der Waals surface area contributed by atoms with Gasteiger partial charge >= 0.3 is 0 Å². The maximum absolute atomic E-state index is 5.05. The predicted octanol–water partition coefficient (Wildman–Crippen LogP) is 11.4. The largest absolute Gasteiger partial charge is 0.317 e. The van der Waals surface area contributed by atoms with Crippen molar-refractivity contribution in [2.24, 2.45) is 0 Å². The molecule has 0 saturated carbocycles. The lowest BCUT2D eigenvalue weighted by molar-refractivity contribution is 1.07. The Bertz CT molecular complexity index is 2850. The zero-order valence-corrected chi connectivity index (χ0v) is 27.9. The molecular weight excluding hydrogens is 623 g/mol. The van der Waals surface area contributed by atoms with Crippen LogP contribution in [0.4, 0.5) is 0 Å². The Balaban J connectivity index is 1.19. The van der Waals surface area contributed by atoms with E-state index in [1.165, 1.54) is 32.4 Å². The van der Waals surface area contributed by atoms with Gasteiger partial charge in [-0.15, -0.1) is 0 Å². The third kappa shape index (κ3) is 4.98. The molecule has 5 nitrogen and oxygen atoms in total. The fourth-order valence-electron chi connectivity index (χ4n) is 7.40. The lowest BCUT2D eigenvalue weighted by Crippen LogP contribution is -2.01. The van der Waals surface area contributed by atoms with Gasteiger partial charge in [0.1, 0.15) is 0 Å². The second-order valence-corrected chi connectivity index (χ2v) is 13.1. The zero-order valence-electron chi connectivity index (χ0n) is 27.9. The molecule has 0 unspecified atom stereocenters. The molecule has 0 bridgehead atoms. The van der Waals surface area contributed by atoms with Gasteiger partial charge in [0.05, 0.1) is 16.6 Å². The van der Waals surface area contributed by atoms with Crippen LogP contribution in [-0.2, 0) is 0 Å². The van der Waals surface area contributed by atoms with E-state index in [9.17, 15) is 0 Å². The molecule has 3 aromatic heterocycles. The van der Waals surface area contributed by atoms with Crippen LogP contribution < -0.4 is 0 Å². The first-order chi connectivity index (χ1) is 25.2. The number of nitrogens with zero attached hydrogens (tertiary/aromatic N) is 5. The van der Waals surface area contributed by atoms with Crippen LogP contribution in [0.3, 0.4) is 0 Å². The molecule has 3 heterocycles. The Labute approximate surface area is 294 Å². The summed E-state index contributed by atoms with van der Waals surface area (Å²) in [5.41, 5.74) is 9.68. The molecule has 0 fully saturated rings. The van der Waals surface area contributed by atoms with Gasteiger partial charge in [-0.3, -0.25) is 0 Å². The molecule has 0 aliphatic carbocycles. The average Bonchev–Trinajstić information content (AvgIpc) is 3.75. The topological polar surface area (TPSA) is 48.5 Å². The van der Waals surface area contributed by atoms with Crippen molar-refractivity contribution in [1.82, 2.24) is 24.1 Å². The van der Waals surface area contributed by atoms with Gasteiger partial charge < -0.3 is 9.13 Å². The number of fused-ring (bicyclic) bond motifs is 5. The molecule has 0 aliphatic rings. The minimum Gasteiger partial charge on any atom is -0.317 e. The summed E-state index contributed by atoms with van der Waals surface area (Å²) in [4.78, 5) is 15.0. The molecule has 0 radical (unpaired) electrons. The van der Waals surface area contributed by atoms with Crippen molar-refractivity contribution in [3.8, 4) is 45.5 Å². The summed E-state index contributed by atoms with van der Waals surface area (Å²) in [5, 5.41) is 6.08. The van der Waals surface area contributed by atoms with E-state index in [0.717, 1.165) is 44.7 Å². The van der Waals surface area contributed by atoms with Gasteiger partial charge in [-0.25, -0.2) is 15.0 Å². The number of para-hydroxylation sites is 2. The van der Waals surface area contributed by atoms with Crippen LogP contribution in [-0.4, -0.2) is 24.1 Å². The lowest BCUT2D eigenvalue weighted by atomic mass is 10.0. The molecule has 240 valence electrons. The maximum atomic E-state index is 5.05. The van der Waals surface area contributed by atoms with Crippen molar-refractivity contribution in [1.29, 1.82) is 0 Å². The highest BCUT2D eigenvalue weighted by atomic mass is 15.0. The number of hydrogen-bond acceptors (Lipinski definition) is 3. The van der Waals surface area contributed by atoms with E-state index in [1.807, 2.05) is 60.7 Å². The summed E-state index contributed by atoms with van der Waals surface area (Å²) in [6.07, 6.45) is 2.16. The van der Waals surface area contributed by atoms with Crippen LogP contribution in [0.1, 0.15) is 5.56 Å². The highest BCUT2D eigenvalue weighted by Gasteiger charge is 2.17. The van der Waals surface area contributed by atoms with Gasteiger partial charge in [0.25, 0.3) is 0 Å². The van der Waals surface area contributed by atoms with Gasteiger partial charge in [0, 0.05) is 50.4 Å². The average molecular weight is 654 g/mol. The molecule has 0 amide bonds. The van der Waals surface area contributed by atoms with Crippen molar-refractivity contribution in [2.75, 3.05) is 0 Å². The third-order valence-electron chi connectivity index (χ3n) is 9.75. The Hall–Kier alpha value is -6.85. The van der Waals surface area contributed by atoms with Crippen LogP contribution in [0.25, 0.3) is 89.0 Å². The van der Waals surface area contributed by atoms with E-state index in [0.29, 0.717) is 17.5 Å². The summed E-state index contributed by atoms with van der Waals surface area (Å²) in [6.45, 7) is 2.14. The summed E-state index contributed by atoms with van der Waals surface area (Å²) in [5.74, 6) is 1.94. The van der Waals surface area contributed by atoms with E-state index in [-0.39, 0.29) is 0 Å². The molecule has 0 N–H and O–H groups in total. The van der Waals surface area contributed by atoms with Gasteiger partial charge in [0.15, 0.2) is 17.5 Å². The van der Waals surface area contributed by atoms with Crippen molar-refractivity contribution in [2.45, 2.75) is 6.92 Å². The van der Waals surface area contributed by atoms with Crippen molar-refractivity contribution < 1.29 is 0 Å². The highest BCUT2D eigenvalue weighted by Crippen LogP contribution is 2.38. The Morgan fingerprint density at radius 2 is 0.980 bits per heavy atom. The van der Waals surface area contributed by atoms with Crippen LogP contribution in [0.2, 0.25) is 0 Å². The minimum atomic E-state index is 0.642. The maximum Gasteiger partial charge on any atom is 0.164 e. The summed E-state index contributed by atoms with van der Waals surface area (Å²) < 4.78 is 4.65. The van der Waals surface area contributed by atoms with Crippen LogP contribution >= 0.6 is 0 Å². The summed E-state index contributed by atoms with van der Waals surface area (Å²) in [6, 6.07) is 57.6. The first-order valence-electron chi connectivity index (χ1n) is 17.2. The van der Waals surface area contributed by atoms with Crippen LogP contribution in [0.15, 0.2) is 170 Å². The smallest absolute Gasteiger partial charge is 0.164 e. The monoisotopic (exact) mass is 653 g/mol. The number of hydrogen-bond donors (Lipinski definition) is 0. The number of benzene rings is 7. The number of aromatic nitrogens is 5. The van der Waals surface area contributed by atoms with E-state index in [1.54, 1.807) is 0 Å². The minimum absolute atomic E-state index is 0.642. The van der Waals surface area contributed by atoms with Crippen LogP contribution in [0, 0.1) is 6.92 Å². The van der Waals surface area contributed by atoms with E-state index in [2.05, 4.69) is 125 Å². The Kier molecular flexibility index (Phi) is 6.64. The zero-order chi connectivity index (χ0) is 33.9. The molecule has 51 heavy (non-hydrogen) atoms. The van der Waals surface area contributed by atoms with Gasteiger partial charge in [-0.2, -0.15) is 0 Å². The second kappa shape index (κ2) is 11.6. The standard InChI is InChI=1S/C46H31N5/c1-30-23-36(46-48-44(31-13-5-2-6-14-31)47-45(49-46)32-15-7-3-8-16-32)26-38(24-30)51-41-20-12-11-19-39(41)40-27-34-25-33-21-22-50(37-17-9-4-10-18-37)42(33)28-35(34)29-43(40)51/h2-29H,1H3. The van der Waals surface area contributed by atoms with E-state index < -0.39 is 0 Å². The van der Waals surface area contributed by atoms with Crippen molar-refractivity contribution in [3.05, 3.63) is 176 Å². The quantitative estimate of drug-likeness (QED) is 0.186. The van der Waals surface area contributed by atoms with E-state index in [4.69, 9.17) is 15.0 Å². The summed E-state index contributed by atoms with van der Waals surface area (Å²) >= 11 is 0. The van der Waals surface area contributed by atoms with Gasteiger partial charge in [-0.1, -0.05) is 97.1 Å². The van der Waals surface area contributed by atoms with E-state index >= 15 is 0 Å². The molecule has 0 aliphatic heterocycles. The van der Waals surface area contributed by atoms with Gasteiger partial charge in [-0.05, 0) is 90.0 Å². The lowest BCUT2D eigenvalue weighted by Gasteiger charge is -2.13. The Morgan fingerprint density at radius 3 is 1.69 bits per heavy atom. The Morgan fingerprint density at radius 1 is 0.392 bits per heavy atom. The van der Waals surface area contributed by atoms with Gasteiger partial charge in [0.2, 0.25) is 0 Å². The number of rotatable bonds is 5. The SMILES string of the molecule is Cc1cc(-c2nc(-c3ccccc3)nc(-c3ccccc3)n2)cc(-n2c3ccccc3c3cc4cc5ccn(-c6ccccc6)c5cc4cc32)c1. The molecule has 5 heteroatoms. The van der Waals surface area contributed by atoms with Crippen LogP contribution in [0.5, 0.6) is 0 Å². The molecule has 0 spiro atoms. The highest BCUT2D eigenvalue weighted by molar-refractivity contribution is 6.15. The predicted molar refractivity (Wildman–Crippen MR) is 210 cm³/mol. The molecule has 0 atom stereocenters. The first-order valence-corrected chi connectivity index (χ1v) is 17.2. The van der Waals surface area contributed by atoms with Crippen molar-refractivity contribution in [3.63, 3.8) is 0 Å². The fraction of sp³-hybridized carbons (Fsp3) is 0.0217. The number of aryl methyl sites for hydroxylation is 1. The molecule has 10 aromatic rings. The first kappa shape index (κ1) is 29.1. The molecule has 7 aromatic carbocycles. The second-order valence-electron chi connectivity index (χ2n) is 13.1. The molecule has 0 saturated heterocycles. The molecule has 10 rings (SSSR count).